The first-order valence-electron chi connectivity index (χ1n) is 7.18. The van der Waals surface area contributed by atoms with E-state index < -0.39 is 0 Å². The van der Waals surface area contributed by atoms with Crippen molar-refractivity contribution in [3.05, 3.63) is 35.9 Å². The SMILES string of the molecule is O=C(CCCCc1ccccc1)N1CCCCC1. The van der Waals surface area contributed by atoms with Crippen molar-refractivity contribution >= 4 is 5.91 Å². The molecule has 1 aromatic carbocycles. The Morgan fingerprint density at radius 3 is 2.44 bits per heavy atom. The standard InChI is InChI=1S/C16H23NO/c18-16(17-13-7-2-8-14-17)12-6-5-11-15-9-3-1-4-10-15/h1,3-4,9-10H,2,5-8,11-14H2. The van der Waals surface area contributed by atoms with E-state index in [-0.39, 0.29) is 0 Å². The van der Waals surface area contributed by atoms with E-state index in [0.29, 0.717) is 5.91 Å². The van der Waals surface area contributed by atoms with Gasteiger partial charge in [0, 0.05) is 19.5 Å². The third-order valence-corrected chi connectivity index (χ3v) is 3.66. The van der Waals surface area contributed by atoms with Crippen LogP contribution in [0.5, 0.6) is 0 Å². The van der Waals surface area contributed by atoms with Crippen molar-refractivity contribution in [3.63, 3.8) is 0 Å². The summed E-state index contributed by atoms with van der Waals surface area (Å²) < 4.78 is 0. The quantitative estimate of drug-likeness (QED) is 0.728. The maximum Gasteiger partial charge on any atom is 0.222 e. The fourth-order valence-corrected chi connectivity index (χ4v) is 2.55. The van der Waals surface area contributed by atoms with Crippen LogP contribution in [0.3, 0.4) is 0 Å². The molecule has 2 heteroatoms. The number of likely N-dealkylation sites (tertiary alicyclic amines) is 1. The fraction of sp³-hybridized carbons (Fsp3) is 0.562. The average molecular weight is 245 g/mol. The summed E-state index contributed by atoms with van der Waals surface area (Å²) in [5, 5.41) is 0. The van der Waals surface area contributed by atoms with Gasteiger partial charge in [0.1, 0.15) is 0 Å². The molecule has 0 aromatic heterocycles. The van der Waals surface area contributed by atoms with Crippen LogP contribution < -0.4 is 0 Å². The van der Waals surface area contributed by atoms with Crippen LogP contribution in [0.2, 0.25) is 0 Å². The van der Waals surface area contributed by atoms with Crippen LogP contribution in [-0.2, 0) is 11.2 Å². The van der Waals surface area contributed by atoms with Crippen LogP contribution in [-0.4, -0.2) is 23.9 Å². The molecule has 1 amide bonds. The first-order chi connectivity index (χ1) is 8.86. The van der Waals surface area contributed by atoms with Crippen molar-refractivity contribution in [1.29, 1.82) is 0 Å². The lowest BCUT2D eigenvalue weighted by Gasteiger charge is -2.26. The van der Waals surface area contributed by atoms with Gasteiger partial charge in [0.15, 0.2) is 0 Å². The number of piperidine rings is 1. The molecule has 0 atom stereocenters. The zero-order valence-electron chi connectivity index (χ0n) is 11.1. The number of carbonyl (C=O) groups excluding carboxylic acids is 1. The number of rotatable bonds is 5. The largest absolute Gasteiger partial charge is 0.343 e. The molecule has 2 nitrogen and oxygen atoms in total. The lowest BCUT2D eigenvalue weighted by molar-refractivity contribution is -0.132. The topological polar surface area (TPSA) is 20.3 Å². The molecule has 0 spiro atoms. The van der Waals surface area contributed by atoms with Gasteiger partial charge >= 0.3 is 0 Å². The second-order valence-electron chi connectivity index (χ2n) is 5.13. The monoisotopic (exact) mass is 245 g/mol. The highest BCUT2D eigenvalue weighted by Gasteiger charge is 2.15. The second-order valence-corrected chi connectivity index (χ2v) is 5.13. The van der Waals surface area contributed by atoms with Gasteiger partial charge in [-0.15, -0.1) is 0 Å². The average Bonchev–Trinajstić information content (AvgIpc) is 2.45. The lowest BCUT2D eigenvalue weighted by Crippen LogP contribution is -2.35. The summed E-state index contributed by atoms with van der Waals surface area (Å²) in [6.45, 7) is 1.97. The predicted molar refractivity (Wildman–Crippen MR) is 74.4 cm³/mol. The number of nitrogens with zero attached hydrogens (tertiary/aromatic N) is 1. The molecule has 0 N–H and O–H groups in total. The molecule has 0 unspecified atom stereocenters. The normalized spacial score (nSPS) is 15.7. The Morgan fingerprint density at radius 2 is 1.72 bits per heavy atom. The molecule has 0 saturated carbocycles. The molecule has 1 aliphatic rings. The molecule has 0 bridgehead atoms. The first kappa shape index (κ1) is 13.1. The Balaban J connectivity index is 1.61. The van der Waals surface area contributed by atoms with E-state index >= 15 is 0 Å². The van der Waals surface area contributed by atoms with Crippen molar-refractivity contribution in [2.75, 3.05) is 13.1 Å². The summed E-state index contributed by atoms with van der Waals surface area (Å²) in [6.07, 6.45) is 7.62. The minimum Gasteiger partial charge on any atom is -0.343 e. The van der Waals surface area contributed by atoms with E-state index in [4.69, 9.17) is 0 Å². The summed E-state index contributed by atoms with van der Waals surface area (Å²) in [7, 11) is 0. The third-order valence-electron chi connectivity index (χ3n) is 3.66. The van der Waals surface area contributed by atoms with E-state index in [0.717, 1.165) is 38.8 Å². The zero-order valence-corrected chi connectivity index (χ0v) is 11.1. The van der Waals surface area contributed by atoms with Gasteiger partial charge < -0.3 is 4.90 Å². The molecule has 0 radical (unpaired) electrons. The fourth-order valence-electron chi connectivity index (χ4n) is 2.55. The van der Waals surface area contributed by atoms with Gasteiger partial charge in [0.05, 0.1) is 0 Å². The van der Waals surface area contributed by atoms with Crippen LogP contribution in [0, 0.1) is 0 Å². The third kappa shape index (κ3) is 4.17. The highest BCUT2D eigenvalue weighted by Crippen LogP contribution is 2.12. The second kappa shape index (κ2) is 7.20. The number of hydrogen-bond donors (Lipinski definition) is 0. The molecule has 1 saturated heterocycles. The molecule has 1 heterocycles. The molecule has 1 aromatic rings. The van der Waals surface area contributed by atoms with Crippen molar-refractivity contribution in [1.82, 2.24) is 4.90 Å². The minimum absolute atomic E-state index is 0.364. The van der Waals surface area contributed by atoms with Crippen LogP contribution in [0.4, 0.5) is 0 Å². The number of amides is 1. The van der Waals surface area contributed by atoms with Gasteiger partial charge in [-0.3, -0.25) is 4.79 Å². The number of carbonyl (C=O) groups is 1. The van der Waals surface area contributed by atoms with Crippen molar-refractivity contribution in [2.24, 2.45) is 0 Å². The van der Waals surface area contributed by atoms with E-state index in [1.54, 1.807) is 0 Å². The molecule has 2 rings (SSSR count). The van der Waals surface area contributed by atoms with Gasteiger partial charge in [-0.1, -0.05) is 30.3 Å². The van der Waals surface area contributed by atoms with Gasteiger partial charge in [-0.05, 0) is 44.1 Å². The highest BCUT2D eigenvalue weighted by atomic mass is 16.2. The van der Waals surface area contributed by atoms with E-state index in [2.05, 4.69) is 24.3 Å². The van der Waals surface area contributed by atoms with E-state index in [1.807, 2.05) is 11.0 Å². The van der Waals surface area contributed by atoms with Crippen molar-refractivity contribution < 1.29 is 4.79 Å². The van der Waals surface area contributed by atoms with Gasteiger partial charge in [0.2, 0.25) is 5.91 Å². The Bertz CT molecular complexity index is 355. The summed E-state index contributed by atoms with van der Waals surface area (Å²) in [6, 6.07) is 10.5. The Hall–Kier alpha value is -1.31. The van der Waals surface area contributed by atoms with Gasteiger partial charge in [0.25, 0.3) is 0 Å². The Morgan fingerprint density at radius 1 is 1.00 bits per heavy atom. The minimum atomic E-state index is 0.364. The van der Waals surface area contributed by atoms with Crippen LogP contribution in [0.1, 0.15) is 44.1 Å². The maximum absolute atomic E-state index is 11.9. The molecular weight excluding hydrogens is 222 g/mol. The van der Waals surface area contributed by atoms with Crippen LogP contribution >= 0.6 is 0 Å². The van der Waals surface area contributed by atoms with Crippen LogP contribution in [0.25, 0.3) is 0 Å². The highest BCUT2D eigenvalue weighted by molar-refractivity contribution is 5.76. The molecule has 0 aliphatic carbocycles. The maximum atomic E-state index is 11.9. The Kier molecular flexibility index (Phi) is 5.25. The Labute approximate surface area is 110 Å². The number of aryl methyl sites for hydroxylation is 1. The van der Waals surface area contributed by atoms with Crippen molar-refractivity contribution in [2.45, 2.75) is 44.9 Å². The van der Waals surface area contributed by atoms with Crippen molar-refractivity contribution in [3.8, 4) is 0 Å². The number of unbranched alkanes of at least 4 members (excludes halogenated alkanes) is 1. The molecule has 1 aliphatic heterocycles. The first-order valence-corrected chi connectivity index (χ1v) is 7.18. The molecule has 98 valence electrons. The number of benzene rings is 1. The van der Waals surface area contributed by atoms with Gasteiger partial charge in [-0.25, -0.2) is 0 Å². The zero-order chi connectivity index (χ0) is 12.6. The van der Waals surface area contributed by atoms with Gasteiger partial charge in [-0.2, -0.15) is 0 Å². The number of hydrogen-bond acceptors (Lipinski definition) is 1. The summed E-state index contributed by atoms with van der Waals surface area (Å²) in [4.78, 5) is 14.0. The molecule has 18 heavy (non-hydrogen) atoms. The summed E-state index contributed by atoms with van der Waals surface area (Å²) >= 11 is 0. The van der Waals surface area contributed by atoms with E-state index in [9.17, 15) is 4.79 Å². The predicted octanol–water partition coefficient (Wildman–Crippen LogP) is 3.41. The summed E-state index contributed by atoms with van der Waals surface area (Å²) in [5.74, 6) is 0.364. The summed E-state index contributed by atoms with van der Waals surface area (Å²) in [5.41, 5.74) is 1.38. The molecule has 1 fully saturated rings. The van der Waals surface area contributed by atoms with Crippen LogP contribution in [0.15, 0.2) is 30.3 Å². The lowest BCUT2D eigenvalue weighted by atomic mass is 10.1. The van der Waals surface area contributed by atoms with E-state index in [1.165, 1.54) is 24.8 Å². The smallest absolute Gasteiger partial charge is 0.222 e. The molecular formula is C16H23NO.